The van der Waals surface area contributed by atoms with Gasteiger partial charge in [-0.05, 0) is 53.5 Å². The lowest BCUT2D eigenvalue weighted by atomic mass is 10.1. The monoisotopic (exact) mass is 307 g/mol. The van der Waals surface area contributed by atoms with Crippen LogP contribution in [0.5, 0.6) is 0 Å². The highest BCUT2D eigenvalue weighted by Crippen LogP contribution is 2.22. The maximum atomic E-state index is 13.1. The molecule has 1 aliphatic carbocycles. The van der Waals surface area contributed by atoms with Crippen LogP contribution >= 0.6 is 11.8 Å². The number of aryl methyl sites for hydroxylation is 1. The first-order valence-electron chi connectivity index (χ1n) is 7.10. The zero-order valence-corrected chi connectivity index (χ0v) is 12.7. The average Bonchev–Trinajstić information content (AvgIpc) is 3.17. The van der Waals surface area contributed by atoms with E-state index in [1.807, 2.05) is 17.7 Å². The first-order valence-corrected chi connectivity index (χ1v) is 8.08. The van der Waals surface area contributed by atoms with Crippen LogP contribution in [-0.2, 0) is 12.3 Å². The van der Waals surface area contributed by atoms with E-state index < -0.39 is 0 Å². The highest BCUT2D eigenvalue weighted by molar-refractivity contribution is 7.98. The highest BCUT2D eigenvalue weighted by atomic mass is 32.2. The molecule has 2 aromatic rings. The molecule has 0 aliphatic heterocycles. The number of hydrogen-bond acceptors (Lipinski definition) is 5. The molecule has 1 aliphatic rings. The number of thioether (sulfide) groups is 1. The van der Waals surface area contributed by atoms with Gasteiger partial charge in [-0.1, -0.05) is 17.8 Å². The Balaban J connectivity index is 1.55. The van der Waals surface area contributed by atoms with Gasteiger partial charge in [0.1, 0.15) is 5.82 Å². The van der Waals surface area contributed by atoms with Crippen molar-refractivity contribution in [1.29, 1.82) is 0 Å². The van der Waals surface area contributed by atoms with Crippen LogP contribution in [-0.4, -0.2) is 32.8 Å². The molecule has 0 radical (unpaired) electrons. The molecule has 0 spiro atoms. The minimum atomic E-state index is -0.197. The second-order valence-electron chi connectivity index (χ2n) is 5.27. The third-order valence-electron chi connectivity index (χ3n) is 3.49. The molecule has 1 aromatic carbocycles. The number of nitrogens with zero attached hydrogens (tertiary/aromatic N) is 4. The van der Waals surface area contributed by atoms with Gasteiger partial charge in [0, 0.05) is 18.3 Å². The molecule has 1 fully saturated rings. The summed E-state index contributed by atoms with van der Waals surface area (Å²) in [6.45, 7) is 3.58. The van der Waals surface area contributed by atoms with Gasteiger partial charge in [-0.2, -0.15) is 0 Å². The quantitative estimate of drug-likeness (QED) is 0.795. The van der Waals surface area contributed by atoms with E-state index in [1.54, 1.807) is 17.8 Å². The first kappa shape index (κ1) is 14.5. The minimum absolute atomic E-state index is 0.197. The SMILES string of the molecule is Cc1cc(F)ccc1CSc1nnnn1CCNC1CC1. The number of aromatic nitrogens is 4. The Labute approximate surface area is 127 Å². The predicted molar refractivity (Wildman–Crippen MR) is 79.5 cm³/mol. The van der Waals surface area contributed by atoms with Crippen molar-refractivity contribution in [1.82, 2.24) is 25.5 Å². The van der Waals surface area contributed by atoms with Crippen molar-refractivity contribution < 1.29 is 4.39 Å². The molecule has 1 aromatic heterocycles. The molecule has 0 amide bonds. The second-order valence-corrected chi connectivity index (χ2v) is 6.21. The lowest BCUT2D eigenvalue weighted by Crippen LogP contribution is -2.22. The summed E-state index contributed by atoms with van der Waals surface area (Å²) in [5, 5.41) is 16.1. The van der Waals surface area contributed by atoms with Crippen LogP contribution in [0.4, 0.5) is 4.39 Å². The summed E-state index contributed by atoms with van der Waals surface area (Å²) in [5.74, 6) is 0.542. The Morgan fingerprint density at radius 3 is 3.05 bits per heavy atom. The standard InChI is InChI=1S/C14H18FN5S/c1-10-8-12(15)3-2-11(10)9-21-14-17-18-19-20(14)7-6-16-13-4-5-13/h2-3,8,13,16H,4-7,9H2,1H3. The normalized spacial score (nSPS) is 14.6. The summed E-state index contributed by atoms with van der Waals surface area (Å²) >= 11 is 1.58. The third kappa shape index (κ3) is 4.01. The molecule has 3 rings (SSSR count). The molecule has 7 heteroatoms. The van der Waals surface area contributed by atoms with Gasteiger partial charge in [0.15, 0.2) is 0 Å². The van der Waals surface area contributed by atoms with Gasteiger partial charge >= 0.3 is 0 Å². The van der Waals surface area contributed by atoms with E-state index in [2.05, 4.69) is 20.8 Å². The van der Waals surface area contributed by atoms with E-state index >= 15 is 0 Å². The van der Waals surface area contributed by atoms with Gasteiger partial charge in [-0.15, -0.1) is 5.10 Å². The first-order chi connectivity index (χ1) is 10.2. The summed E-state index contributed by atoms with van der Waals surface area (Å²) in [7, 11) is 0. The maximum absolute atomic E-state index is 13.1. The smallest absolute Gasteiger partial charge is 0.209 e. The Kier molecular flexibility index (Phi) is 4.50. The molecule has 0 unspecified atom stereocenters. The van der Waals surface area contributed by atoms with Gasteiger partial charge in [0.25, 0.3) is 0 Å². The topological polar surface area (TPSA) is 55.6 Å². The molecular weight excluding hydrogens is 289 g/mol. The summed E-state index contributed by atoms with van der Waals surface area (Å²) in [5.41, 5.74) is 2.06. The zero-order chi connectivity index (χ0) is 14.7. The molecule has 1 heterocycles. The minimum Gasteiger partial charge on any atom is -0.312 e. The Hall–Kier alpha value is -1.47. The molecule has 0 bridgehead atoms. The molecule has 1 saturated carbocycles. The van der Waals surface area contributed by atoms with E-state index in [-0.39, 0.29) is 5.82 Å². The predicted octanol–water partition coefficient (Wildman–Crippen LogP) is 2.16. The highest BCUT2D eigenvalue weighted by Gasteiger charge is 2.20. The van der Waals surface area contributed by atoms with Crippen molar-refractivity contribution in [3.05, 3.63) is 35.1 Å². The van der Waals surface area contributed by atoms with Crippen LogP contribution in [0.3, 0.4) is 0 Å². The fraction of sp³-hybridized carbons (Fsp3) is 0.500. The lowest BCUT2D eigenvalue weighted by Gasteiger charge is -2.07. The molecule has 1 N–H and O–H groups in total. The second kappa shape index (κ2) is 6.53. The number of hydrogen-bond donors (Lipinski definition) is 1. The Bertz CT molecular complexity index is 611. The van der Waals surface area contributed by atoms with Crippen molar-refractivity contribution in [2.45, 2.75) is 43.3 Å². The number of tetrazole rings is 1. The van der Waals surface area contributed by atoms with Crippen LogP contribution in [0.1, 0.15) is 24.0 Å². The largest absolute Gasteiger partial charge is 0.312 e. The van der Waals surface area contributed by atoms with E-state index in [0.717, 1.165) is 35.1 Å². The van der Waals surface area contributed by atoms with Gasteiger partial charge in [0.05, 0.1) is 6.54 Å². The molecule has 112 valence electrons. The number of rotatable bonds is 7. The van der Waals surface area contributed by atoms with Gasteiger partial charge in [0.2, 0.25) is 5.16 Å². The van der Waals surface area contributed by atoms with E-state index in [0.29, 0.717) is 6.04 Å². The maximum Gasteiger partial charge on any atom is 0.209 e. The molecule has 0 saturated heterocycles. The summed E-state index contributed by atoms with van der Waals surface area (Å²) in [6, 6.07) is 5.56. The average molecular weight is 307 g/mol. The van der Waals surface area contributed by atoms with Crippen LogP contribution < -0.4 is 5.32 Å². The van der Waals surface area contributed by atoms with Crippen molar-refractivity contribution in [2.24, 2.45) is 0 Å². The van der Waals surface area contributed by atoms with Crippen molar-refractivity contribution in [3.63, 3.8) is 0 Å². The number of benzene rings is 1. The lowest BCUT2D eigenvalue weighted by molar-refractivity contribution is 0.509. The fourth-order valence-electron chi connectivity index (χ4n) is 2.07. The van der Waals surface area contributed by atoms with Gasteiger partial charge in [-0.3, -0.25) is 0 Å². The van der Waals surface area contributed by atoms with Crippen molar-refractivity contribution >= 4 is 11.8 Å². The summed E-state index contributed by atoms with van der Waals surface area (Å²) in [4.78, 5) is 0. The van der Waals surface area contributed by atoms with E-state index in [9.17, 15) is 4.39 Å². The van der Waals surface area contributed by atoms with E-state index in [4.69, 9.17) is 0 Å². The van der Waals surface area contributed by atoms with Crippen LogP contribution in [0, 0.1) is 12.7 Å². The van der Waals surface area contributed by atoms with Crippen molar-refractivity contribution in [2.75, 3.05) is 6.54 Å². The van der Waals surface area contributed by atoms with Crippen LogP contribution in [0.15, 0.2) is 23.4 Å². The van der Waals surface area contributed by atoms with Gasteiger partial charge in [-0.25, -0.2) is 9.07 Å². The fourth-order valence-corrected chi connectivity index (χ4v) is 3.05. The van der Waals surface area contributed by atoms with Crippen LogP contribution in [0.2, 0.25) is 0 Å². The number of nitrogens with one attached hydrogen (secondary N) is 1. The van der Waals surface area contributed by atoms with E-state index in [1.165, 1.54) is 18.9 Å². The zero-order valence-electron chi connectivity index (χ0n) is 11.9. The van der Waals surface area contributed by atoms with Gasteiger partial charge < -0.3 is 5.32 Å². The molecule has 5 nitrogen and oxygen atoms in total. The summed E-state index contributed by atoms with van der Waals surface area (Å²) in [6.07, 6.45) is 2.56. The van der Waals surface area contributed by atoms with Crippen molar-refractivity contribution in [3.8, 4) is 0 Å². The molecule has 21 heavy (non-hydrogen) atoms. The third-order valence-corrected chi connectivity index (χ3v) is 4.50. The Morgan fingerprint density at radius 2 is 2.29 bits per heavy atom. The summed E-state index contributed by atoms with van der Waals surface area (Å²) < 4.78 is 14.9. The Morgan fingerprint density at radius 1 is 1.43 bits per heavy atom. The number of halogens is 1. The molecular formula is C14H18FN5S. The van der Waals surface area contributed by atoms with Crippen LogP contribution in [0.25, 0.3) is 0 Å². The molecule has 0 atom stereocenters.